The van der Waals surface area contributed by atoms with Crippen LogP contribution in [0.1, 0.15) is 90.9 Å². The molecular formula is C22H39S+. The highest BCUT2D eigenvalue weighted by Gasteiger charge is 2.20. The first-order chi connectivity index (χ1) is 11.4. The smallest absolute Gasteiger partial charge is 0.0654 e. The number of benzene rings is 1. The lowest BCUT2D eigenvalue weighted by atomic mass is 10.1. The molecule has 1 rings (SSSR count). The van der Waals surface area contributed by atoms with Gasteiger partial charge < -0.3 is 0 Å². The molecule has 0 N–H and O–H groups in total. The second kappa shape index (κ2) is 15.1. The van der Waals surface area contributed by atoms with Crippen LogP contribution in [0.4, 0.5) is 0 Å². The van der Waals surface area contributed by atoms with E-state index in [0.29, 0.717) is 10.9 Å². The van der Waals surface area contributed by atoms with E-state index in [9.17, 15) is 0 Å². The van der Waals surface area contributed by atoms with Gasteiger partial charge in [0.15, 0.2) is 4.90 Å². The molecule has 0 aliphatic rings. The fourth-order valence-electron chi connectivity index (χ4n) is 3.06. The predicted octanol–water partition coefficient (Wildman–Crippen LogP) is 7.38. The summed E-state index contributed by atoms with van der Waals surface area (Å²) in [5.74, 6) is 2.84. The van der Waals surface area contributed by atoms with E-state index in [1.807, 2.05) is 0 Å². The summed E-state index contributed by atoms with van der Waals surface area (Å²) in [6.45, 7) is 4.60. The van der Waals surface area contributed by atoms with Crippen molar-refractivity contribution in [3.63, 3.8) is 0 Å². The fourth-order valence-corrected chi connectivity index (χ4v) is 5.39. The largest absolute Gasteiger partial charge is 0.154 e. The molecule has 1 aromatic rings. The fraction of sp³-hybridized carbons (Fsp3) is 0.727. The van der Waals surface area contributed by atoms with Gasteiger partial charge in [-0.25, -0.2) is 0 Å². The lowest BCUT2D eigenvalue weighted by molar-refractivity contribution is 0.622. The molecular weight excluding hydrogens is 296 g/mol. The lowest BCUT2D eigenvalue weighted by Gasteiger charge is -2.09. The van der Waals surface area contributed by atoms with Crippen molar-refractivity contribution < 1.29 is 0 Å². The van der Waals surface area contributed by atoms with E-state index in [-0.39, 0.29) is 0 Å². The van der Waals surface area contributed by atoms with Crippen LogP contribution in [0.2, 0.25) is 0 Å². The molecule has 1 heteroatoms. The molecule has 0 amide bonds. The highest BCUT2D eigenvalue weighted by Crippen LogP contribution is 2.19. The van der Waals surface area contributed by atoms with E-state index >= 15 is 0 Å². The van der Waals surface area contributed by atoms with Crippen molar-refractivity contribution >= 4 is 10.9 Å². The number of unbranched alkanes of at least 4 members (excludes halogenated alkanes) is 10. The summed E-state index contributed by atoms with van der Waals surface area (Å²) in [5.41, 5.74) is 0. The second-order valence-electron chi connectivity index (χ2n) is 6.75. The Bertz CT molecular complexity index is 330. The summed E-state index contributed by atoms with van der Waals surface area (Å²) in [4.78, 5) is 1.61. The number of hydrogen-bond donors (Lipinski definition) is 0. The monoisotopic (exact) mass is 335 g/mol. The minimum atomic E-state index is 0.498. The van der Waals surface area contributed by atoms with Gasteiger partial charge in [0.25, 0.3) is 0 Å². The topological polar surface area (TPSA) is 0 Å². The highest BCUT2D eigenvalue weighted by molar-refractivity contribution is 7.96. The molecule has 0 aliphatic heterocycles. The Morgan fingerprint density at radius 3 is 1.48 bits per heavy atom. The molecule has 0 atom stereocenters. The number of hydrogen-bond acceptors (Lipinski definition) is 0. The van der Waals surface area contributed by atoms with Crippen LogP contribution in [0.15, 0.2) is 35.2 Å². The van der Waals surface area contributed by atoms with E-state index in [1.165, 1.54) is 88.6 Å². The predicted molar refractivity (Wildman–Crippen MR) is 109 cm³/mol. The average molecular weight is 336 g/mol. The molecule has 0 saturated heterocycles. The Morgan fingerprint density at radius 1 is 0.565 bits per heavy atom. The van der Waals surface area contributed by atoms with Crippen LogP contribution in [0.3, 0.4) is 0 Å². The third kappa shape index (κ3) is 10.9. The maximum absolute atomic E-state index is 2.36. The van der Waals surface area contributed by atoms with Crippen molar-refractivity contribution in [1.82, 2.24) is 0 Å². The maximum atomic E-state index is 2.36. The van der Waals surface area contributed by atoms with Crippen molar-refractivity contribution in [2.24, 2.45) is 0 Å². The van der Waals surface area contributed by atoms with E-state index in [1.54, 1.807) is 4.90 Å². The second-order valence-corrected chi connectivity index (χ2v) is 9.02. The van der Waals surface area contributed by atoms with Gasteiger partial charge in [0.2, 0.25) is 0 Å². The van der Waals surface area contributed by atoms with E-state index in [0.717, 1.165) is 0 Å². The van der Waals surface area contributed by atoms with Gasteiger partial charge in [0, 0.05) is 10.9 Å². The standard InChI is InChI=1S/C22H39S/c1-3-5-7-9-11-16-20-23(22-18-14-13-15-19-22)21-17-12-10-8-6-4-2/h13-15,18-19H,3-12,16-17,20-21H2,1-2H3/q+1. The Hall–Kier alpha value is -0.430. The Morgan fingerprint density at radius 2 is 1.00 bits per heavy atom. The number of rotatable bonds is 15. The van der Waals surface area contributed by atoms with Crippen molar-refractivity contribution in [2.75, 3.05) is 11.5 Å². The first-order valence-corrected chi connectivity index (χ1v) is 11.7. The average Bonchev–Trinajstić information content (AvgIpc) is 2.60. The van der Waals surface area contributed by atoms with Crippen molar-refractivity contribution in [1.29, 1.82) is 0 Å². The minimum absolute atomic E-state index is 0.498. The molecule has 0 aliphatic carbocycles. The molecule has 0 spiro atoms. The van der Waals surface area contributed by atoms with Gasteiger partial charge in [-0.2, -0.15) is 0 Å². The summed E-state index contributed by atoms with van der Waals surface area (Å²) in [7, 11) is 0.498. The zero-order valence-corrected chi connectivity index (χ0v) is 16.5. The van der Waals surface area contributed by atoms with Crippen LogP contribution in [0.5, 0.6) is 0 Å². The molecule has 0 heterocycles. The zero-order valence-electron chi connectivity index (χ0n) is 15.7. The molecule has 132 valence electrons. The van der Waals surface area contributed by atoms with Gasteiger partial charge in [0.1, 0.15) is 11.5 Å². The minimum Gasteiger partial charge on any atom is -0.0654 e. The van der Waals surface area contributed by atoms with Crippen LogP contribution in [0.25, 0.3) is 0 Å². The lowest BCUT2D eigenvalue weighted by Crippen LogP contribution is -2.13. The van der Waals surface area contributed by atoms with Crippen molar-refractivity contribution in [2.45, 2.75) is 95.8 Å². The third-order valence-corrected chi connectivity index (χ3v) is 7.07. The summed E-state index contributed by atoms with van der Waals surface area (Å²) < 4.78 is 0. The maximum Gasteiger partial charge on any atom is 0.154 e. The Balaban J connectivity index is 2.26. The molecule has 23 heavy (non-hydrogen) atoms. The van der Waals surface area contributed by atoms with Crippen LogP contribution < -0.4 is 0 Å². The van der Waals surface area contributed by atoms with E-state index in [4.69, 9.17) is 0 Å². The summed E-state index contributed by atoms with van der Waals surface area (Å²) >= 11 is 0. The third-order valence-electron chi connectivity index (χ3n) is 4.57. The first kappa shape index (κ1) is 20.6. The summed E-state index contributed by atoms with van der Waals surface area (Å²) in [6, 6.07) is 11.3. The van der Waals surface area contributed by atoms with Crippen LogP contribution >= 0.6 is 0 Å². The van der Waals surface area contributed by atoms with E-state index < -0.39 is 0 Å². The zero-order chi connectivity index (χ0) is 16.6. The van der Waals surface area contributed by atoms with Gasteiger partial charge >= 0.3 is 0 Å². The van der Waals surface area contributed by atoms with Gasteiger partial charge in [0.05, 0.1) is 0 Å². The summed E-state index contributed by atoms with van der Waals surface area (Å²) in [6.07, 6.45) is 17.0. The SMILES string of the molecule is CCCCCCCC[S+](CCCCCCCC)c1ccccc1. The normalized spacial score (nSPS) is 11.3. The van der Waals surface area contributed by atoms with Crippen LogP contribution in [-0.4, -0.2) is 11.5 Å². The Labute approximate surface area is 148 Å². The molecule has 0 nitrogen and oxygen atoms in total. The van der Waals surface area contributed by atoms with Crippen molar-refractivity contribution in [3.05, 3.63) is 30.3 Å². The molecule has 1 aromatic carbocycles. The summed E-state index contributed by atoms with van der Waals surface area (Å²) in [5, 5.41) is 0. The van der Waals surface area contributed by atoms with Gasteiger partial charge in [-0.3, -0.25) is 0 Å². The van der Waals surface area contributed by atoms with Crippen LogP contribution in [-0.2, 0) is 10.9 Å². The molecule has 0 saturated carbocycles. The molecule has 0 fully saturated rings. The van der Waals surface area contributed by atoms with Crippen LogP contribution in [0, 0.1) is 0 Å². The van der Waals surface area contributed by atoms with Gasteiger partial charge in [-0.15, -0.1) is 0 Å². The highest BCUT2D eigenvalue weighted by atomic mass is 32.2. The molecule has 0 bridgehead atoms. The van der Waals surface area contributed by atoms with Gasteiger partial charge in [-0.1, -0.05) is 83.4 Å². The van der Waals surface area contributed by atoms with Crippen molar-refractivity contribution in [3.8, 4) is 0 Å². The first-order valence-electron chi connectivity index (χ1n) is 10.1. The quantitative estimate of drug-likeness (QED) is 0.231. The molecule has 0 aromatic heterocycles. The molecule has 0 radical (unpaired) electrons. The van der Waals surface area contributed by atoms with Gasteiger partial charge in [-0.05, 0) is 37.8 Å². The van der Waals surface area contributed by atoms with E-state index in [2.05, 4.69) is 44.2 Å². The molecule has 0 unspecified atom stereocenters. The Kier molecular flexibility index (Phi) is 13.6.